The minimum absolute atomic E-state index is 0.305. The average molecular weight is 231 g/mol. The van der Waals surface area contributed by atoms with E-state index in [1.54, 1.807) is 0 Å². The average Bonchev–Trinajstić information content (AvgIpc) is 2.62. The lowest BCUT2D eigenvalue weighted by atomic mass is 10.1. The Morgan fingerprint density at radius 1 is 1.50 bits per heavy atom. The van der Waals surface area contributed by atoms with E-state index in [9.17, 15) is 5.11 Å². The Morgan fingerprint density at radius 3 is 2.81 bits per heavy atom. The number of hydrogen-bond donors (Lipinski definition) is 1. The zero-order valence-electron chi connectivity index (χ0n) is 10.7. The Morgan fingerprint density at radius 2 is 2.25 bits per heavy atom. The van der Waals surface area contributed by atoms with Crippen LogP contribution in [-0.2, 0) is 9.47 Å². The number of hydrogen-bond acceptors (Lipinski definition) is 4. The van der Waals surface area contributed by atoms with Gasteiger partial charge in [0, 0.05) is 19.7 Å². The Labute approximate surface area is 98.5 Å². The zero-order valence-corrected chi connectivity index (χ0v) is 10.7. The van der Waals surface area contributed by atoms with Crippen molar-refractivity contribution in [2.45, 2.75) is 38.4 Å². The van der Waals surface area contributed by atoms with E-state index in [-0.39, 0.29) is 0 Å². The van der Waals surface area contributed by atoms with Crippen molar-refractivity contribution in [3.05, 3.63) is 0 Å². The van der Waals surface area contributed by atoms with E-state index < -0.39 is 5.60 Å². The fraction of sp³-hybridized carbons (Fsp3) is 1.00. The van der Waals surface area contributed by atoms with Gasteiger partial charge in [0.25, 0.3) is 0 Å². The molecule has 96 valence electrons. The second kappa shape index (κ2) is 6.55. The van der Waals surface area contributed by atoms with Gasteiger partial charge in [0.2, 0.25) is 0 Å². The molecule has 4 nitrogen and oxygen atoms in total. The standard InChI is InChI=1S/C12H25NO3/c1-12(2,14)10-13(3)6-8-15-9-11-5-4-7-16-11/h11,14H,4-10H2,1-3H3. The van der Waals surface area contributed by atoms with Crippen LogP contribution in [0, 0.1) is 0 Å². The van der Waals surface area contributed by atoms with Crippen molar-refractivity contribution in [3.63, 3.8) is 0 Å². The van der Waals surface area contributed by atoms with Crippen molar-refractivity contribution in [3.8, 4) is 0 Å². The highest BCUT2D eigenvalue weighted by atomic mass is 16.5. The SMILES string of the molecule is CN(CCOCC1CCCO1)CC(C)(C)O. The van der Waals surface area contributed by atoms with Gasteiger partial charge in [-0.2, -0.15) is 0 Å². The summed E-state index contributed by atoms with van der Waals surface area (Å²) in [4.78, 5) is 2.08. The highest BCUT2D eigenvalue weighted by molar-refractivity contribution is 4.69. The van der Waals surface area contributed by atoms with Crippen molar-refractivity contribution >= 4 is 0 Å². The molecule has 0 spiro atoms. The Bertz CT molecular complexity index is 185. The molecule has 0 aromatic carbocycles. The summed E-state index contributed by atoms with van der Waals surface area (Å²) in [6, 6.07) is 0. The van der Waals surface area contributed by atoms with Gasteiger partial charge in [-0.25, -0.2) is 0 Å². The van der Waals surface area contributed by atoms with E-state index in [0.29, 0.717) is 25.9 Å². The first-order chi connectivity index (χ1) is 7.47. The third kappa shape index (κ3) is 6.43. The predicted octanol–water partition coefficient (Wildman–Crippen LogP) is 0.885. The maximum atomic E-state index is 9.61. The van der Waals surface area contributed by atoms with Crippen LogP contribution in [0.15, 0.2) is 0 Å². The van der Waals surface area contributed by atoms with Crippen LogP contribution in [0.5, 0.6) is 0 Å². The molecule has 1 saturated heterocycles. The minimum Gasteiger partial charge on any atom is -0.389 e. The first kappa shape index (κ1) is 13.9. The molecule has 0 amide bonds. The molecule has 1 atom stereocenters. The summed E-state index contributed by atoms with van der Waals surface area (Å²) in [5.41, 5.74) is -0.636. The number of aliphatic hydroxyl groups is 1. The third-order valence-electron chi connectivity index (χ3n) is 2.60. The molecule has 1 rings (SSSR count). The number of likely N-dealkylation sites (N-methyl/N-ethyl adjacent to an activating group) is 1. The fourth-order valence-corrected chi connectivity index (χ4v) is 1.95. The van der Waals surface area contributed by atoms with Gasteiger partial charge in [-0.1, -0.05) is 0 Å². The molecule has 0 radical (unpaired) electrons. The highest BCUT2D eigenvalue weighted by Gasteiger charge is 2.17. The van der Waals surface area contributed by atoms with Crippen LogP contribution >= 0.6 is 0 Å². The van der Waals surface area contributed by atoms with Crippen LogP contribution in [0.2, 0.25) is 0 Å². The summed E-state index contributed by atoms with van der Waals surface area (Å²) in [7, 11) is 1.99. The molecule has 1 fully saturated rings. The summed E-state index contributed by atoms with van der Waals surface area (Å²) in [6.45, 7) is 7.43. The lowest BCUT2D eigenvalue weighted by Gasteiger charge is -2.25. The molecule has 0 bridgehead atoms. The Hall–Kier alpha value is -0.160. The van der Waals surface area contributed by atoms with Gasteiger partial charge < -0.3 is 19.5 Å². The second-order valence-corrected chi connectivity index (χ2v) is 5.26. The molecule has 16 heavy (non-hydrogen) atoms. The van der Waals surface area contributed by atoms with Gasteiger partial charge in [-0.3, -0.25) is 0 Å². The van der Waals surface area contributed by atoms with Crippen LogP contribution in [0.25, 0.3) is 0 Å². The fourth-order valence-electron chi connectivity index (χ4n) is 1.95. The molecule has 0 saturated carbocycles. The molecule has 0 aromatic heterocycles. The van der Waals surface area contributed by atoms with Crippen LogP contribution in [0.4, 0.5) is 0 Å². The van der Waals surface area contributed by atoms with Crippen LogP contribution in [0.3, 0.4) is 0 Å². The molecule has 1 aliphatic rings. The van der Waals surface area contributed by atoms with Crippen molar-refractivity contribution in [2.24, 2.45) is 0 Å². The molecular formula is C12H25NO3. The zero-order chi connectivity index (χ0) is 12.0. The topological polar surface area (TPSA) is 41.9 Å². The van der Waals surface area contributed by atoms with Crippen LogP contribution < -0.4 is 0 Å². The van der Waals surface area contributed by atoms with Crippen molar-refractivity contribution in [1.82, 2.24) is 4.90 Å². The van der Waals surface area contributed by atoms with E-state index in [4.69, 9.17) is 9.47 Å². The molecule has 0 aromatic rings. The van der Waals surface area contributed by atoms with Crippen LogP contribution in [0.1, 0.15) is 26.7 Å². The number of rotatable bonds is 7. The summed E-state index contributed by atoms with van der Waals surface area (Å²) < 4.78 is 11.0. The molecule has 1 unspecified atom stereocenters. The minimum atomic E-state index is -0.636. The molecule has 1 aliphatic heterocycles. The highest BCUT2D eigenvalue weighted by Crippen LogP contribution is 2.11. The number of nitrogens with zero attached hydrogens (tertiary/aromatic N) is 1. The summed E-state index contributed by atoms with van der Waals surface area (Å²) in [5, 5.41) is 9.61. The van der Waals surface area contributed by atoms with E-state index >= 15 is 0 Å². The second-order valence-electron chi connectivity index (χ2n) is 5.26. The van der Waals surface area contributed by atoms with Crippen LogP contribution in [-0.4, -0.2) is 61.7 Å². The predicted molar refractivity (Wildman–Crippen MR) is 63.6 cm³/mol. The smallest absolute Gasteiger partial charge is 0.0809 e. The van der Waals surface area contributed by atoms with E-state index in [0.717, 1.165) is 26.0 Å². The van der Waals surface area contributed by atoms with E-state index in [1.807, 2.05) is 20.9 Å². The molecular weight excluding hydrogens is 206 g/mol. The lowest BCUT2D eigenvalue weighted by Crippen LogP contribution is -2.38. The molecule has 4 heteroatoms. The first-order valence-corrected chi connectivity index (χ1v) is 6.08. The Kier molecular flexibility index (Phi) is 5.69. The van der Waals surface area contributed by atoms with Gasteiger partial charge in [0.05, 0.1) is 24.9 Å². The third-order valence-corrected chi connectivity index (χ3v) is 2.60. The van der Waals surface area contributed by atoms with Gasteiger partial charge in [0.15, 0.2) is 0 Å². The molecule has 1 heterocycles. The van der Waals surface area contributed by atoms with Crippen molar-refractivity contribution in [1.29, 1.82) is 0 Å². The van der Waals surface area contributed by atoms with E-state index in [1.165, 1.54) is 0 Å². The molecule has 1 N–H and O–H groups in total. The normalized spacial score (nSPS) is 21.9. The largest absolute Gasteiger partial charge is 0.389 e. The van der Waals surface area contributed by atoms with Gasteiger partial charge in [-0.05, 0) is 33.7 Å². The van der Waals surface area contributed by atoms with Gasteiger partial charge >= 0.3 is 0 Å². The lowest BCUT2D eigenvalue weighted by molar-refractivity contribution is 0.00148. The molecule has 0 aliphatic carbocycles. The monoisotopic (exact) mass is 231 g/mol. The maximum Gasteiger partial charge on any atom is 0.0809 e. The first-order valence-electron chi connectivity index (χ1n) is 6.08. The summed E-state index contributed by atoms with van der Waals surface area (Å²) in [5.74, 6) is 0. The number of ether oxygens (including phenoxy) is 2. The van der Waals surface area contributed by atoms with Crippen molar-refractivity contribution < 1.29 is 14.6 Å². The Balaban J connectivity index is 1.97. The van der Waals surface area contributed by atoms with E-state index in [2.05, 4.69) is 4.90 Å². The summed E-state index contributed by atoms with van der Waals surface area (Å²) >= 11 is 0. The van der Waals surface area contributed by atoms with Crippen molar-refractivity contribution in [2.75, 3.05) is 40.0 Å². The summed E-state index contributed by atoms with van der Waals surface area (Å²) in [6.07, 6.45) is 2.59. The van der Waals surface area contributed by atoms with Gasteiger partial charge in [0.1, 0.15) is 0 Å². The van der Waals surface area contributed by atoms with Gasteiger partial charge in [-0.15, -0.1) is 0 Å². The quantitative estimate of drug-likeness (QED) is 0.661. The maximum absolute atomic E-state index is 9.61.